The molecule has 3 atom stereocenters. The molecule has 0 N–H and O–H groups in total. The highest BCUT2D eigenvalue weighted by atomic mass is 16.5. The lowest BCUT2D eigenvalue weighted by Gasteiger charge is -2.41. The second-order valence-electron chi connectivity index (χ2n) is 9.12. The predicted molar refractivity (Wildman–Crippen MR) is 124 cm³/mol. The molecule has 2 fully saturated rings. The van der Waals surface area contributed by atoms with Gasteiger partial charge < -0.3 is 14.5 Å². The second-order valence-corrected chi connectivity index (χ2v) is 9.12. The van der Waals surface area contributed by atoms with Crippen LogP contribution in [0.15, 0.2) is 46.7 Å². The number of urea groups is 1. The van der Waals surface area contributed by atoms with Crippen molar-refractivity contribution in [1.82, 2.24) is 24.5 Å². The predicted octanol–water partition coefficient (Wildman–Crippen LogP) is 1.91. The minimum Gasteiger partial charge on any atom is -0.379 e. The number of amides is 3. The van der Waals surface area contributed by atoms with Gasteiger partial charge in [0.05, 0.1) is 19.3 Å². The lowest BCUT2D eigenvalue weighted by atomic mass is 10.1. The quantitative estimate of drug-likeness (QED) is 0.680. The second kappa shape index (κ2) is 8.46. The van der Waals surface area contributed by atoms with Gasteiger partial charge in [-0.3, -0.25) is 19.5 Å². The molecule has 33 heavy (non-hydrogen) atoms. The van der Waals surface area contributed by atoms with E-state index < -0.39 is 12.2 Å². The standard InChI is InChI=1S/C24H32N6O3/c1-16-17(2)30-20-21(25-23(30)29(16)18(3)19-8-6-5-7-9-19)26(4)24(32)28(22(20)31)11-10-27-12-14-33-15-13-27/h5-9,18,20-21H,10-15H2,1-4H3. The van der Waals surface area contributed by atoms with Crippen LogP contribution in [0.5, 0.6) is 0 Å². The molecule has 1 aromatic carbocycles. The molecule has 3 unspecified atom stereocenters. The first-order valence-corrected chi connectivity index (χ1v) is 11.7. The highest BCUT2D eigenvalue weighted by Gasteiger charge is 2.56. The average molecular weight is 453 g/mol. The molecule has 0 bridgehead atoms. The number of guanidine groups is 1. The van der Waals surface area contributed by atoms with Crippen LogP contribution in [0.25, 0.3) is 0 Å². The molecular weight excluding hydrogens is 420 g/mol. The Morgan fingerprint density at radius 2 is 1.76 bits per heavy atom. The van der Waals surface area contributed by atoms with E-state index in [1.54, 1.807) is 11.9 Å². The number of aliphatic imine (C=N–C) groups is 1. The number of morpholine rings is 1. The Morgan fingerprint density at radius 1 is 1.06 bits per heavy atom. The van der Waals surface area contributed by atoms with E-state index in [-0.39, 0.29) is 18.0 Å². The number of ether oxygens (including phenoxy) is 1. The van der Waals surface area contributed by atoms with E-state index in [4.69, 9.17) is 9.73 Å². The summed E-state index contributed by atoms with van der Waals surface area (Å²) in [7, 11) is 1.75. The fourth-order valence-electron chi connectivity index (χ4n) is 5.25. The van der Waals surface area contributed by atoms with E-state index in [9.17, 15) is 9.59 Å². The van der Waals surface area contributed by atoms with Gasteiger partial charge in [0.1, 0.15) is 0 Å². The monoisotopic (exact) mass is 452 g/mol. The summed E-state index contributed by atoms with van der Waals surface area (Å²) in [6.07, 6.45) is -0.520. The minimum absolute atomic E-state index is 0.0542. The van der Waals surface area contributed by atoms with Gasteiger partial charge in [0.25, 0.3) is 5.91 Å². The molecule has 0 aliphatic carbocycles. The summed E-state index contributed by atoms with van der Waals surface area (Å²) in [6.45, 7) is 10.3. The van der Waals surface area contributed by atoms with E-state index >= 15 is 0 Å². The van der Waals surface area contributed by atoms with Crippen LogP contribution < -0.4 is 0 Å². The number of hydrogen-bond acceptors (Lipinski definition) is 7. The largest absolute Gasteiger partial charge is 0.379 e. The van der Waals surface area contributed by atoms with Gasteiger partial charge in [-0.25, -0.2) is 9.79 Å². The van der Waals surface area contributed by atoms with E-state index in [0.29, 0.717) is 26.3 Å². The minimum atomic E-state index is -0.532. The molecule has 2 saturated heterocycles. The molecular formula is C24H32N6O3. The molecule has 0 spiro atoms. The number of likely N-dealkylation sites (N-methyl/N-ethyl adjacent to an activating group) is 1. The molecule has 9 heteroatoms. The van der Waals surface area contributed by atoms with Gasteiger partial charge in [0, 0.05) is 44.6 Å². The number of hydrogen-bond donors (Lipinski definition) is 0. The Bertz CT molecular complexity index is 1000. The molecule has 4 aliphatic rings. The van der Waals surface area contributed by atoms with Gasteiger partial charge >= 0.3 is 6.03 Å². The Morgan fingerprint density at radius 3 is 2.45 bits per heavy atom. The number of benzene rings is 1. The maximum absolute atomic E-state index is 13.7. The number of nitrogens with zero attached hydrogens (tertiary/aromatic N) is 6. The van der Waals surface area contributed by atoms with E-state index in [1.807, 2.05) is 30.0 Å². The Labute approximate surface area is 194 Å². The zero-order valence-electron chi connectivity index (χ0n) is 19.8. The summed E-state index contributed by atoms with van der Waals surface area (Å²) in [5.41, 5.74) is 3.26. The molecule has 9 nitrogen and oxygen atoms in total. The lowest BCUT2D eigenvalue weighted by molar-refractivity contribution is -0.137. The maximum atomic E-state index is 13.7. The first kappa shape index (κ1) is 21.9. The summed E-state index contributed by atoms with van der Waals surface area (Å²) in [5.74, 6) is 0.579. The van der Waals surface area contributed by atoms with Crippen LogP contribution in [0.1, 0.15) is 32.4 Å². The lowest BCUT2D eigenvalue weighted by Crippen LogP contribution is -2.65. The highest BCUT2D eigenvalue weighted by molar-refractivity contribution is 6.05. The van der Waals surface area contributed by atoms with Crippen LogP contribution >= 0.6 is 0 Å². The third-order valence-corrected chi connectivity index (χ3v) is 7.35. The summed E-state index contributed by atoms with van der Waals surface area (Å²) in [6, 6.07) is 9.52. The summed E-state index contributed by atoms with van der Waals surface area (Å²) >= 11 is 0. The smallest absolute Gasteiger partial charge is 0.328 e. The molecule has 0 saturated carbocycles. The fourth-order valence-corrected chi connectivity index (χ4v) is 5.25. The van der Waals surface area contributed by atoms with Gasteiger partial charge in [-0.2, -0.15) is 0 Å². The number of imide groups is 1. The maximum Gasteiger partial charge on any atom is 0.328 e. The van der Waals surface area contributed by atoms with Gasteiger partial charge in [0.2, 0.25) is 5.96 Å². The Kier molecular flexibility index (Phi) is 5.62. The highest BCUT2D eigenvalue weighted by Crippen LogP contribution is 2.41. The number of carbonyl (C=O) groups is 2. The van der Waals surface area contributed by atoms with Gasteiger partial charge in [-0.1, -0.05) is 30.3 Å². The van der Waals surface area contributed by atoms with Crippen molar-refractivity contribution in [2.24, 2.45) is 4.99 Å². The van der Waals surface area contributed by atoms with Crippen LogP contribution in [0.4, 0.5) is 4.79 Å². The van der Waals surface area contributed by atoms with Crippen molar-refractivity contribution < 1.29 is 14.3 Å². The van der Waals surface area contributed by atoms with Crippen molar-refractivity contribution in [2.75, 3.05) is 46.4 Å². The number of fused-ring (bicyclic) bond motifs is 3. The molecule has 1 aromatic rings. The fraction of sp³-hybridized carbons (Fsp3) is 0.542. The Balaban J connectivity index is 1.40. The van der Waals surface area contributed by atoms with E-state index in [0.717, 1.165) is 30.4 Å². The zero-order chi connectivity index (χ0) is 23.3. The molecule has 0 aromatic heterocycles. The first-order valence-electron chi connectivity index (χ1n) is 11.7. The molecule has 0 radical (unpaired) electrons. The first-order chi connectivity index (χ1) is 15.9. The summed E-state index contributed by atoms with van der Waals surface area (Å²) in [4.78, 5) is 41.2. The summed E-state index contributed by atoms with van der Waals surface area (Å²) in [5, 5.41) is 0. The third-order valence-electron chi connectivity index (χ3n) is 7.35. The van der Waals surface area contributed by atoms with Crippen molar-refractivity contribution in [1.29, 1.82) is 0 Å². The van der Waals surface area contributed by atoms with Crippen LogP contribution in [0.2, 0.25) is 0 Å². The molecule has 5 rings (SSSR count). The van der Waals surface area contributed by atoms with E-state index in [1.165, 1.54) is 10.5 Å². The van der Waals surface area contributed by atoms with Gasteiger partial charge in [-0.15, -0.1) is 0 Å². The van der Waals surface area contributed by atoms with Crippen molar-refractivity contribution in [3.05, 3.63) is 47.3 Å². The van der Waals surface area contributed by atoms with Crippen LogP contribution in [0.3, 0.4) is 0 Å². The summed E-state index contributed by atoms with van der Waals surface area (Å²) < 4.78 is 5.41. The average Bonchev–Trinajstić information content (AvgIpc) is 3.33. The van der Waals surface area contributed by atoms with Crippen LogP contribution in [0, 0.1) is 0 Å². The van der Waals surface area contributed by atoms with Crippen molar-refractivity contribution >= 4 is 17.9 Å². The van der Waals surface area contributed by atoms with E-state index in [2.05, 4.69) is 35.8 Å². The molecule has 4 aliphatic heterocycles. The molecule has 176 valence electrons. The third kappa shape index (κ3) is 3.50. The topological polar surface area (TPSA) is 71.9 Å². The van der Waals surface area contributed by atoms with Crippen molar-refractivity contribution in [3.8, 4) is 0 Å². The number of allylic oxidation sites excluding steroid dienone is 2. The SMILES string of the molecule is CC1=C(C)N2C(=NC3C2C(=O)N(CCN2CCOCC2)C(=O)N3C)N1C(C)c1ccccc1. The van der Waals surface area contributed by atoms with Gasteiger partial charge in [-0.05, 0) is 26.3 Å². The molecule has 4 heterocycles. The zero-order valence-corrected chi connectivity index (χ0v) is 19.8. The van der Waals surface area contributed by atoms with Crippen LogP contribution in [-0.2, 0) is 9.53 Å². The van der Waals surface area contributed by atoms with Crippen LogP contribution in [-0.4, -0.2) is 101 Å². The normalized spacial score (nSPS) is 26.7. The van der Waals surface area contributed by atoms with Gasteiger partial charge in [0.15, 0.2) is 12.2 Å². The number of carbonyl (C=O) groups excluding carboxylic acids is 2. The van der Waals surface area contributed by atoms with Crippen molar-refractivity contribution in [3.63, 3.8) is 0 Å². The number of rotatable bonds is 5. The molecule has 3 amide bonds. The Hall–Kier alpha value is -2.91. The van der Waals surface area contributed by atoms with Crippen molar-refractivity contribution in [2.45, 2.75) is 39.0 Å².